The van der Waals surface area contributed by atoms with E-state index in [1.165, 1.54) is 26.4 Å². The number of fused-ring (bicyclic) bond motifs is 1. The predicted molar refractivity (Wildman–Crippen MR) is 131 cm³/mol. The summed E-state index contributed by atoms with van der Waals surface area (Å²) in [6, 6.07) is 13.5. The highest BCUT2D eigenvalue weighted by molar-refractivity contribution is 6.14. The molecule has 198 valence electrons. The topological polar surface area (TPSA) is 88.9 Å². The second-order valence-electron chi connectivity index (χ2n) is 8.37. The Morgan fingerprint density at radius 1 is 0.895 bits per heavy atom. The third-order valence-corrected chi connectivity index (χ3v) is 5.46. The van der Waals surface area contributed by atoms with Crippen LogP contribution in [0.5, 0.6) is 17.4 Å². The van der Waals surface area contributed by atoms with Crippen LogP contribution < -0.4 is 9.47 Å². The minimum Gasteiger partial charge on any atom is -0.491 e. The zero-order valence-corrected chi connectivity index (χ0v) is 20.8. The highest BCUT2D eigenvalue weighted by Crippen LogP contribution is 2.35. The Hall–Kier alpha value is -4.54. The molecule has 0 saturated carbocycles. The van der Waals surface area contributed by atoms with Crippen LogP contribution in [0.1, 0.15) is 40.3 Å². The first kappa shape index (κ1) is 26.5. The molecule has 0 saturated heterocycles. The average molecular weight is 528 g/mol. The molecule has 0 radical (unpaired) electrons. The third-order valence-electron chi connectivity index (χ3n) is 5.46. The van der Waals surface area contributed by atoms with Crippen LogP contribution in [0.25, 0.3) is 16.6 Å². The number of halogens is 3. The first-order chi connectivity index (χ1) is 18.0. The van der Waals surface area contributed by atoms with Gasteiger partial charge >= 0.3 is 18.1 Å². The molecule has 4 rings (SSSR count). The first-order valence-corrected chi connectivity index (χ1v) is 11.4. The summed E-state index contributed by atoms with van der Waals surface area (Å²) < 4.78 is 61.4. The van der Waals surface area contributed by atoms with Gasteiger partial charge in [0.05, 0.1) is 31.4 Å². The molecule has 4 aromatic rings. The maximum Gasteiger partial charge on any atom is 0.417 e. The number of hydrogen-bond donors (Lipinski definition) is 0. The van der Waals surface area contributed by atoms with E-state index in [9.17, 15) is 22.8 Å². The molecule has 0 amide bonds. The molecule has 0 spiro atoms. The standard InChI is InChI=1S/C27H23F3N2O6/c1-15(2)37-18-8-6-17(7-9-18)32-21-11-10-19(38-22-12-5-16(14-31-22)27(28,29)30)13-20(21)23(25(33)35-3)24(32)26(34)36-4/h5-15H,1-4H3. The Morgan fingerprint density at radius 2 is 1.55 bits per heavy atom. The molecule has 8 nitrogen and oxygen atoms in total. The number of hydrogen-bond acceptors (Lipinski definition) is 7. The maximum absolute atomic E-state index is 12.9. The van der Waals surface area contributed by atoms with E-state index in [-0.39, 0.29) is 29.0 Å². The molecular formula is C27H23F3N2O6. The van der Waals surface area contributed by atoms with E-state index >= 15 is 0 Å². The summed E-state index contributed by atoms with van der Waals surface area (Å²) >= 11 is 0. The average Bonchev–Trinajstić information content (AvgIpc) is 3.22. The SMILES string of the molecule is COC(=O)c1c(C(=O)OC)n(-c2ccc(OC(C)C)cc2)c2ccc(Oc3ccc(C(F)(F)F)cn3)cc12. The van der Waals surface area contributed by atoms with E-state index in [0.29, 0.717) is 28.5 Å². The van der Waals surface area contributed by atoms with Crippen molar-refractivity contribution in [2.75, 3.05) is 14.2 Å². The number of alkyl halides is 3. The summed E-state index contributed by atoms with van der Waals surface area (Å²) in [5.74, 6) is -0.878. The molecule has 0 unspecified atom stereocenters. The van der Waals surface area contributed by atoms with Crippen molar-refractivity contribution in [1.29, 1.82) is 0 Å². The summed E-state index contributed by atoms with van der Waals surface area (Å²) in [5.41, 5.74) is -0.0620. The molecule has 0 aliphatic heterocycles. The van der Waals surface area contributed by atoms with Gasteiger partial charge in [-0.1, -0.05) is 0 Å². The van der Waals surface area contributed by atoms with E-state index in [2.05, 4.69) is 4.98 Å². The van der Waals surface area contributed by atoms with Gasteiger partial charge in [-0.2, -0.15) is 13.2 Å². The molecule has 38 heavy (non-hydrogen) atoms. The first-order valence-electron chi connectivity index (χ1n) is 11.4. The minimum atomic E-state index is -4.54. The summed E-state index contributed by atoms with van der Waals surface area (Å²) in [6.07, 6.45) is -3.92. The zero-order valence-electron chi connectivity index (χ0n) is 20.8. The molecule has 2 aromatic heterocycles. The van der Waals surface area contributed by atoms with Crippen molar-refractivity contribution in [2.45, 2.75) is 26.1 Å². The fourth-order valence-electron chi connectivity index (χ4n) is 3.88. The van der Waals surface area contributed by atoms with Crippen LogP contribution >= 0.6 is 0 Å². The number of rotatable bonds is 7. The van der Waals surface area contributed by atoms with E-state index in [1.807, 2.05) is 13.8 Å². The Balaban J connectivity index is 1.85. The van der Waals surface area contributed by atoms with Crippen molar-refractivity contribution in [3.63, 3.8) is 0 Å². The van der Waals surface area contributed by atoms with Gasteiger partial charge in [-0.3, -0.25) is 0 Å². The number of ether oxygens (including phenoxy) is 4. The third kappa shape index (κ3) is 5.26. The lowest BCUT2D eigenvalue weighted by molar-refractivity contribution is -0.137. The number of benzene rings is 2. The van der Waals surface area contributed by atoms with E-state index in [1.54, 1.807) is 34.9 Å². The molecule has 0 bridgehead atoms. The quantitative estimate of drug-likeness (QED) is 0.264. The fourth-order valence-corrected chi connectivity index (χ4v) is 3.88. The van der Waals surface area contributed by atoms with Gasteiger partial charge in [-0.25, -0.2) is 14.6 Å². The molecule has 2 aromatic carbocycles. The van der Waals surface area contributed by atoms with E-state index < -0.39 is 23.7 Å². The number of aromatic nitrogens is 2. The second-order valence-corrected chi connectivity index (χ2v) is 8.37. The fraction of sp³-hybridized carbons (Fsp3) is 0.222. The van der Waals surface area contributed by atoms with Gasteiger partial charge in [0.1, 0.15) is 22.8 Å². The Morgan fingerprint density at radius 3 is 2.11 bits per heavy atom. The molecule has 0 aliphatic carbocycles. The highest BCUT2D eigenvalue weighted by atomic mass is 19.4. The number of esters is 2. The van der Waals surface area contributed by atoms with Crippen LogP contribution in [0, 0.1) is 0 Å². The number of carbonyl (C=O) groups excluding carboxylic acids is 2. The van der Waals surface area contributed by atoms with Crippen LogP contribution in [-0.2, 0) is 15.7 Å². The van der Waals surface area contributed by atoms with Crippen molar-refractivity contribution < 1.29 is 41.7 Å². The Labute approximate surface area is 215 Å². The van der Waals surface area contributed by atoms with Gasteiger partial charge in [0.15, 0.2) is 0 Å². The predicted octanol–water partition coefficient (Wildman–Crippen LogP) is 6.20. The van der Waals surface area contributed by atoms with Gasteiger partial charge in [0, 0.05) is 23.3 Å². The van der Waals surface area contributed by atoms with Gasteiger partial charge < -0.3 is 23.5 Å². The second kappa shape index (κ2) is 10.4. The van der Waals surface area contributed by atoms with Crippen LogP contribution in [0.3, 0.4) is 0 Å². The highest BCUT2D eigenvalue weighted by Gasteiger charge is 2.31. The zero-order chi connectivity index (χ0) is 27.6. The summed E-state index contributed by atoms with van der Waals surface area (Å²) in [4.78, 5) is 29.5. The van der Waals surface area contributed by atoms with Crippen molar-refractivity contribution in [3.05, 3.63) is 77.6 Å². The summed E-state index contributed by atoms with van der Waals surface area (Å²) in [7, 11) is 2.37. The van der Waals surface area contributed by atoms with Crippen molar-refractivity contribution in [2.24, 2.45) is 0 Å². The van der Waals surface area contributed by atoms with E-state index in [0.717, 1.165) is 12.1 Å². The van der Waals surface area contributed by atoms with Crippen molar-refractivity contribution >= 4 is 22.8 Å². The van der Waals surface area contributed by atoms with Gasteiger partial charge in [-0.15, -0.1) is 0 Å². The number of methoxy groups -OCH3 is 2. The molecule has 0 aliphatic rings. The van der Waals surface area contributed by atoms with Crippen molar-refractivity contribution in [1.82, 2.24) is 9.55 Å². The van der Waals surface area contributed by atoms with Crippen LogP contribution in [0.4, 0.5) is 13.2 Å². The lowest BCUT2D eigenvalue weighted by Gasteiger charge is -2.13. The minimum absolute atomic E-state index is 0.0395. The van der Waals surface area contributed by atoms with Gasteiger partial charge in [0.2, 0.25) is 5.88 Å². The summed E-state index contributed by atoms with van der Waals surface area (Å²) in [5, 5.41) is 0.296. The van der Waals surface area contributed by atoms with E-state index in [4.69, 9.17) is 18.9 Å². The molecular weight excluding hydrogens is 505 g/mol. The molecule has 2 heterocycles. The van der Waals surface area contributed by atoms with Gasteiger partial charge in [-0.05, 0) is 62.4 Å². The molecule has 0 N–H and O–H groups in total. The van der Waals surface area contributed by atoms with Crippen LogP contribution in [0.2, 0.25) is 0 Å². The summed E-state index contributed by atoms with van der Waals surface area (Å²) in [6.45, 7) is 3.79. The number of carbonyl (C=O) groups is 2. The number of pyridine rings is 1. The smallest absolute Gasteiger partial charge is 0.417 e. The normalized spacial score (nSPS) is 11.5. The van der Waals surface area contributed by atoms with Gasteiger partial charge in [0.25, 0.3) is 0 Å². The Kier molecular flexibility index (Phi) is 7.29. The van der Waals surface area contributed by atoms with Crippen LogP contribution in [-0.4, -0.2) is 41.8 Å². The molecule has 11 heteroatoms. The lowest BCUT2D eigenvalue weighted by atomic mass is 10.1. The van der Waals surface area contributed by atoms with Crippen molar-refractivity contribution in [3.8, 4) is 23.1 Å². The number of nitrogens with zero attached hydrogens (tertiary/aromatic N) is 2. The van der Waals surface area contributed by atoms with Crippen LogP contribution in [0.15, 0.2) is 60.8 Å². The monoisotopic (exact) mass is 528 g/mol. The largest absolute Gasteiger partial charge is 0.491 e. The lowest BCUT2D eigenvalue weighted by Crippen LogP contribution is -2.15. The molecule has 0 atom stereocenters. The maximum atomic E-state index is 12.9. The molecule has 0 fully saturated rings. The Bertz CT molecular complexity index is 1480.